The highest BCUT2D eigenvalue weighted by Crippen LogP contribution is 2.46. The van der Waals surface area contributed by atoms with E-state index in [9.17, 15) is 0 Å². The van der Waals surface area contributed by atoms with Crippen LogP contribution in [0.15, 0.2) is 84.9 Å². The zero-order valence-corrected chi connectivity index (χ0v) is 19.0. The van der Waals surface area contributed by atoms with E-state index >= 15 is 0 Å². The fourth-order valence-electron chi connectivity index (χ4n) is 4.00. The first kappa shape index (κ1) is 18.5. The number of hydrogen-bond donors (Lipinski definition) is 0. The molecule has 0 fully saturated rings. The van der Waals surface area contributed by atoms with E-state index in [1.165, 1.54) is 38.6 Å². The topological polar surface area (TPSA) is 9.23 Å². The Morgan fingerprint density at radius 2 is 1.29 bits per heavy atom. The van der Waals surface area contributed by atoms with Gasteiger partial charge in [-0.25, -0.2) is 0 Å². The Labute approximate surface area is 170 Å². The summed E-state index contributed by atoms with van der Waals surface area (Å²) in [4.78, 5) is 0. The number of fused-ring (bicyclic) bond motifs is 1. The van der Waals surface area contributed by atoms with Crippen molar-refractivity contribution in [2.75, 3.05) is 0 Å². The molecule has 0 saturated carbocycles. The average molecular weight is 383 g/mol. The van der Waals surface area contributed by atoms with Gasteiger partial charge >= 0.3 is 0 Å². The van der Waals surface area contributed by atoms with Gasteiger partial charge in [-0.3, -0.25) is 0 Å². The van der Waals surface area contributed by atoms with Crippen LogP contribution < -0.4 is 4.43 Å². The molecule has 0 bridgehead atoms. The lowest BCUT2D eigenvalue weighted by molar-refractivity contribution is 0.595. The van der Waals surface area contributed by atoms with Gasteiger partial charge in [0.05, 0.1) is 0 Å². The van der Waals surface area contributed by atoms with Crippen molar-refractivity contribution in [2.24, 2.45) is 0 Å². The van der Waals surface area contributed by atoms with Gasteiger partial charge in [0, 0.05) is 10.9 Å². The Hall–Kier alpha value is -2.84. The summed E-state index contributed by atoms with van der Waals surface area (Å²) in [6.07, 6.45) is 0. The van der Waals surface area contributed by atoms with Crippen LogP contribution in [-0.2, 0) is 5.41 Å². The maximum Gasteiger partial charge on any atom is 0.204 e. The Kier molecular flexibility index (Phi) is 4.82. The molecule has 0 aliphatic carbocycles. The molecule has 140 valence electrons. The van der Waals surface area contributed by atoms with Crippen molar-refractivity contribution in [3.63, 3.8) is 0 Å². The molecule has 0 spiro atoms. The zero-order valence-electron chi connectivity index (χ0n) is 17.0. The maximum atomic E-state index is 6.18. The van der Waals surface area contributed by atoms with Crippen LogP contribution >= 0.6 is 0 Å². The third-order valence-corrected chi connectivity index (χ3v) is 5.70. The molecule has 0 aliphatic rings. The highest BCUT2D eigenvalue weighted by molar-refractivity contribution is 6.09. The minimum absolute atomic E-state index is 0.0597. The van der Waals surface area contributed by atoms with Gasteiger partial charge in [0.2, 0.25) is 10.5 Å². The van der Waals surface area contributed by atoms with E-state index in [1.807, 2.05) is 0 Å². The SMILES string of the molecule is CC(C)(C)c1cccc2c(O[SiH3])c(-c3ccccc3)c(-c3ccccc3)cc12. The quantitative estimate of drug-likeness (QED) is 0.387. The number of benzene rings is 4. The molecule has 4 aromatic rings. The first-order valence-corrected chi connectivity index (χ1v) is 10.6. The van der Waals surface area contributed by atoms with Crippen molar-refractivity contribution < 1.29 is 4.43 Å². The van der Waals surface area contributed by atoms with Crippen molar-refractivity contribution in [2.45, 2.75) is 26.2 Å². The number of hydrogen-bond acceptors (Lipinski definition) is 1. The summed E-state index contributed by atoms with van der Waals surface area (Å²) < 4.78 is 6.18. The molecule has 0 amide bonds. The van der Waals surface area contributed by atoms with Gasteiger partial charge in [0.25, 0.3) is 0 Å². The van der Waals surface area contributed by atoms with E-state index in [0.717, 1.165) is 5.75 Å². The van der Waals surface area contributed by atoms with E-state index in [0.29, 0.717) is 10.5 Å². The smallest absolute Gasteiger partial charge is 0.204 e. The summed E-state index contributed by atoms with van der Waals surface area (Å²) in [7, 11) is 0.643. The molecule has 0 N–H and O–H groups in total. The molecule has 0 aromatic heterocycles. The van der Waals surface area contributed by atoms with Crippen LogP contribution in [0.2, 0.25) is 0 Å². The fourth-order valence-corrected chi connectivity index (χ4v) is 4.42. The van der Waals surface area contributed by atoms with Crippen LogP contribution in [0.4, 0.5) is 0 Å². The molecule has 0 saturated heterocycles. The second kappa shape index (κ2) is 7.29. The van der Waals surface area contributed by atoms with Crippen LogP contribution in [0, 0.1) is 0 Å². The second-order valence-electron chi connectivity index (χ2n) is 8.22. The average Bonchev–Trinajstić information content (AvgIpc) is 2.72. The lowest BCUT2D eigenvalue weighted by Crippen LogP contribution is -2.12. The first-order chi connectivity index (χ1) is 13.5. The fraction of sp³-hybridized carbons (Fsp3) is 0.154. The Balaban J connectivity index is 2.18. The Morgan fingerprint density at radius 3 is 1.86 bits per heavy atom. The molecular weight excluding hydrogens is 356 g/mol. The highest BCUT2D eigenvalue weighted by atomic mass is 28.2. The van der Waals surface area contributed by atoms with Gasteiger partial charge in [-0.15, -0.1) is 0 Å². The minimum Gasteiger partial charge on any atom is -0.552 e. The summed E-state index contributed by atoms with van der Waals surface area (Å²) in [5, 5.41) is 2.47. The maximum absolute atomic E-state index is 6.18. The molecule has 4 rings (SSSR count). The third kappa shape index (κ3) is 3.25. The van der Waals surface area contributed by atoms with E-state index in [-0.39, 0.29) is 5.41 Å². The summed E-state index contributed by atoms with van der Waals surface area (Å²) in [5.41, 5.74) is 6.22. The summed E-state index contributed by atoms with van der Waals surface area (Å²) in [5.74, 6) is 1.00. The van der Waals surface area contributed by atoms with Gasteiger partial charge in [0.1, 0.15) is 5.75 Å². The van der Waals surface area contributed by atoms with Crippen molar-refractivity contribution in [1.29, 1.82) is 0 Å². The van der Waals surface area contributed by atoms with Crippen LogP contribution in [0.3, 0.4) is 0 Å². The van der Waals surface area contributed by atoms with Crippen molar-refractivity contribution in [3.8, 4) is 28.0 Å². The second-order valence-corrected chi connectivity index (χ2v) is 8.62. The first-order valence-electron chi connectivity index (χ1n) is 9.76. The molecule has 2 heteroatoms. The Morgan fingerprint density at radius 1 is 0.679 bits per heavy atom. The van der Waals surface area contributed by atoms with Gasteiger partial charge in [0.15, 0.2) is 0 Å². The van der Waals surface area contributed by atoms with E-state index in [1.54, 1.807) is 0 Å². The summed E-state index contributed by atoms with van der Waals surface area (Å²) >= 11 is 0. The van der Waals surface area contributed by atoms with Gasteiger partial charge < -0.3 is 4.43 Å². The van der Waals surface area contributed by atoms with E-state index in [2.05, 4.69) is 106 Å². The van der Waals surface area contributed by atoms with E-state index in [4.69, 9.17) is 4.43 Å². The lowest BCUT2D eigenvalue weighted by Gasteiger charge is -2.25. The molecule has 0 aliphatic heterocycles. The molecule has 0 heterocycles. The number of rotatable bonds is 3. The molecule has 0 atom stereocenters. The molecular formula is C26H26OSi. The zero-order chi connectivity index (χ0) is 19.7. The lowest BCUT2D eigenvalue weighted by atomic mass is 9.81. The molecule has 0 radical (unpaired) electrons. The van der Waals surface area contributed by atoms with Crippen LogP contribution in [0.25, 0.3) is 33.0 Å². The largest absolute Gasteiger partial charge is 0.552 e. The normalized spacial score (nSPS) is 11.7. The molecule has 0 unspecified atom stereocenters. The molecule has 4 aromatic carbocycles. The van der Waals surface area contributed by atoms with Crippen molar-refractivity contribution in [1.82, 2.24) is 0 Å². The summed E-state index contributed by atoms with van der Waals surface area (Å²) in [6, 6.07) is 30.2. The molecule has 28 heavy (non-hydrogen) atoms. The summed E-state index contributed by atoms with van der Waals surface area (Å²) in [6.45, 7) is 6.82. The Bertz CT molecular complexity index is 1110. The standard InChI is InChI=1S/C26H26OSi/c1-26(2,3)23-16-10-15-20-22(23)17-21(18-11-6-4-7-12-18)24(25(20)27-28)19-13-8-5-9-14-19/h4-17H,1-3,28H3. The highest BCUT2D eigenvalue weighted by Gasteiger charge is 2.22. The third-order valence-electron chi connectivity index (χ3n) is 5.30. The van der Waals surface area contributed by atoms with Crippen LogP contribution in [0.5, 0.6) is 5.75 Å². The molecule has 1 nitrogen and oxygen atoms in total. The van der Waals surface area contributed by atoms with Crippen molar-refractivity contribution >= 4 is 21.3 Å². The van der Waals surface area contributed by atoms with Crippen LogP contribution in [-0.4, -0.2) is 10.5 Å². The minimum atomic E-state index is 0.0597. The predicted molar refractivity (Wildman–Crippen MR) is 124 cm³/mol. The van der Waals surface area contributed by atoms with E-state index < -0.39 is 0 Å². The van der Waals surface area contributed by atoms with Gasteiger partial charge in [-0.05, 0) is 39.1 Å². The predicted octanol–water partition coefficient (Wildman–Crippen LogP) is 6.13. The van der Waals surface area contributed by atoms with Crippen molar-refractivity contribution in [3.05, 3.63) is 90.5 Å². The van der Waals surface area contributed by atoms with Gasteiger partial charge in [-0.1, -0.05) is 99.6 Å². The monoisotopic (exact) mass is 382 g/mol. The van der Waals surface area contributed by atoms with Crippen LogP contribution in [0.1, 0.15) is 26.3 Å². The van der Waals surface area contributed by atoms with Gasteiger partial charge in [-0.2, -0.15) is 0 Å².